The van der Waals surface area contributed by atoms with Crippen molar-refractivity contribution < 1.29 is 27.3 Å². The number of anilines is 3. The first kappa shape index (κ1) is 24.2. The summed E-state index contributed by atoms with van der Waals surface area (Å²) in [4.78, 5) is 28.6. The maximum Gasteiger partial charge on any atom is 0.289 e. The summed E-state index contributed by atoms with van der Waals surface area (Å²) in [6.07, 6.45) is 0. The third-order valence-corrected chi connectivity index (χ3v) is 7.27. The average molecular weight is 541 g/mol. The molecule has 0 spiro atoms. The molecule has 0 radical (unpaired) electrons. The van der Waals surface area contributed by atoms with Gasteiger partial charge in [-0.15, -0.1) is 22.7 Å². The highest BCUT2D eigenvalue weighted by Crippen LogP contribution is 2.31. The van der Waals surface area contributed by atoms with Crippen molar-refractivity contribution in [1.82, 2.24) is 0 Å². The van der Waals surface area contributed by atoms with Gasteiger partial charge in [0, 0.05) is 22.1 Å². The summed E-state index contributed by atoms with van der Waals surface area (Å²) >= 11 is 7.94. The van der Waals surface area contributed by atoms with Crippen LogP contribution in [0, 0.1) is 5.41 Å². The molecule has 4 rings (SSSR count). The van der Waals surface area contributed by atoms with Gasteiger partial charge in [0.1, 0.15) is 6.61 Å². The number of thiophene rings is 2. The molecule has 1 aliphatic heterocycles. The number of halogens is 1. The van der Waals surface area contributed by atoms with Gasteiger partial charge in [-0.3, -0.25) is 29.4 Å². The predicted molar refractivity (Wildman–Crippen MR) is 132 cm³/mol. The van der Waals surface area contributed by atoms with Gasteiger partial charge in [-0.1, -0.05) is 11.6 Å². The van der Waals surface area contributed by atoms with E-state index in [2.05, 4.69) is 5.32 Å². The largest absolute Gasteiger partial charge is 0.463 e. The van der Waals surface area contributed by atoms with Crippen molar-refractivity contribution in [2.75, 3.05) is 34.1 Å². The molecule has 178 valence electrons. The molecule has 0 saturated carbocycles. The fraction of sp³-hybridized carbons (Fsp3) is 0.150. The Morgan fingerprint density at radius 2 is 1.94 bits per heavy atom. The molecule has 1 fully saturated rings. The smallest absolute Gasteiger partial charge is 0.289 e. The zero-order chi connectivity index (χ0) is 24.5. The number of nitrogens with one attached hydrogen (secondary N) is 2. The molecule has 1 saturated heterocycles. The second-order valence-corrected chi connectivity index (χ2v) is 10.9. The number of carbonyl (C=O) groups excluding carboxylic acids is 2. The lowest BCUT2D eigenvalue weighted by Crippen LogP contribution is -2.36. The molecule has 0 atom stereocenters. The molecule has 1 aliphatic rings. The van der Waals surface area contributed by atoms with Crippen molar-refractivity contribution in [2.45, 2.75) is 0 Å². The molecule has 3 N–H and O–H groups in total. The number of ether oxygens (including phenoxy) is 1. The molecular weight excluding hydrogens is 524 g/mol. The highest BCUT2D eigenvalue weighted by Gasteiger charge is 2.28. The first-order valence-corrected chi connectivity index (χ1v) is 13.4. The van der Waals surface area contributed by atoms with E-state index in [0.29, 0.717) is 23.2 Å². The fourth-order valence-electron chi connectivity index (χ4n) is 3.21. The van der Waals surface area contributed by atoms with Crippen LogP contribution in [0.2, 0.25) is 4.34 Å². The lowest BCUT2D eigenvalue weighted by molar-refractivity contribution is 0.0994. The quantitative estimate of drug-likeness (QED) is 0.385. The minimum absolute atomic E-state index is 0.0360. The monoisotopic (exact) mass is 540 g/mol. The first-order valence-electron chi connectivity index (χ1n) is 9.61. The van der Waals surface area contributed by atoms with E-state index in [9.17, 15) is 22.6 Å². The standard InChI is InChI=1S/C20H17ClN4O6S3/c21-17-6-5-16(33-17)19(27)25(11-34(28,29)30)15-10-32-9-14(15)18(26)23-12-1-3-13(4-2-12)24-7-8-31-20(24)22/h1-6,9-10,22H,7-8,11H2,(H,23,26)(H,28,29,30). The Morgan fingerprint density at radius 3 is 2.53 bits per heavy atom. The SMILES string of the molecule is N=C1OCCN1c1ccc(NC(=O)c2cscc2N(CS(=O)(=O)O)C(=O)c2ccc(Cl)s2)cc1. The predicted octanol–water partition coefficient (Wildman–Crippen LogP) is 3.98. The van der Waals surface area contributed by atoms with E-state index in [1.54, 1.807) is 29.2 Å². The minimum atomic E-state index is -4.60. The summed E-state index contributed by atoms with van der Waals surface area (Å²) in [7, 11) is -4.60. The van der Waals surface area contributed by atoms with Gasteiger partial charge in [0.15, 0.2) is 5.88 Å². The molecule has 2 amide bonds. The molecule has 3 heterocycles. The number of hydrogen-bond acceptors (Lipinski definition) is 8. The van der Waals surface area contributed by atoms with Crippen LogP contribution in [0.25, 0.3) is 0 Å². The van der Waals surface area contributed by atoms with Crippen LogP contribution in [0.3, 0.4) is 0 Å². The van der Waals surface area contributed by atoms with Crippen LogP contribution in [0.15, 0.2) is 47.2 Å². The summed E-state index contributed by atoms with van der Waals surface area (Å²) < 4.78 is 38.1. The second kappa shape index (κ2) is 9.72. The molecular formula is C20H17ClN4O6S3. The molecule has 0 unspecified atom stereocenters. The molecule has 14 heteroatoms. The van der Waals surface area contributed by atoms with Crippen LogP contribution in [-0.2, 0) is 14.9 Å². The topological polar surface area (TPSA) is 140 Å². The number of hydrogen-bond donors (Lipinski definition) is 3. The summed E-state index contributed by atoms with van der Waals surface area (Å²) in [6.45, 7) is 0.977. The Balaban J connectivity index is 1.57. The van der Waals surface area contributed by atoms with Gasteiger partial charge >= 0.3 is 0 Å². The third-order valence-electron chi connectivity index (χ3n) is 4.73. The normalized spacial score (nSPS) is 13.6. The summed E-state index contributed by atoms with van der Waals surface area (Å²) in [5, 5.41) is 13.4. The number of amidine groups is 1. The Labute approximate surface area is 207 Å². The molecule has 1 aromatic carbocycles. The van der Waals surface area contributed by atoms with Crippen LogP contribution in [0.5, 0.6) is 0 Å². The van der Waals surface area contributed by atoms with Gasteiger partial charge in [-0.2, -0.15) is 8.42 Å². The van der Waals surface area contributed by atoms with E-state index < -0.39 is 27.8 Å². The molecule has 3 aromatic rings. The highest BCUT2D eigenvalue weighted by molar-refractivity contribution is 7.85. The molecule has 10 nitrogen and oxygen atoms in total. The maximum absolute atomic E-state index is 13.0. The van der Waals surface area contributed by atoms with Crippen molar-refractivity contribution >= 4 is 79.3 Å². The van der Waals surface area contributed by atoms with E-state index in [1.165, 1.54) is 22.9 Å². The zero-order valence-electron chi connectivity index (χ0n) is 17.2. The van der Waals surface area contributed by atoms with Crippen molar-refractivity contribution in [3.63, 3.8) is 0 Å². The lowest BCUT2D eigenvalue weighted by Gasteiger charge is -2.21. The number of rotatable bonds is 7. The fourth-order valence-corrected chi connectivity index (χ4v) is 5.60. The summed E-state index contributed by atoms with van der Waals surface area (Å²) in [5.41, 5.74) is 1.28. The molecule has 34 heavy (non-hydrogen) atoms. The Kier molecular flexibility index (Phi) is 6.91. The maximum atomic E-state index is 13.0. The molecule has 2 aromatic heterocycles. The van der Waals surface area contributed by atoms with Gasteiger partial charge in [0.2, 0.25) is 0 Å². The van der Waals surface area contributed by atoms with Gasteiger partial charge in [-0.05, 0) is 36.4 Å². The van der Waals surface area contributed by atoms with E-state index >= 15 is 0 Å². The number of nitrogens with zero attached hydrogens (tertiary/aromatic N) is 2. The lowest BCUT2D eigenvalue weighted by atomic mass is 10.2. The van der Waals surface area contributed by atoms with Gasteiger partial charge in [0.05, 0.1) is 27.0 Å². The van der Waals surface area contributed by atoms with E-state index in [4.69, 9.17) is 21.7 Å². The van der Waals surface area contributed by atoms with Crippen molar-refractivity contribution in [1.29, 1.82) is 5.41 Å². The van der Waals surface area contributed by atoms with Gasteiger partial charge in [0.25, 0.3) is 28.0 Å². The van der Waals surface area contributed by atoms with Crippen molar-refractivity contribution in [2.24, 2.45) is 0 Å². The number of benzene rings is 1. The average Bonchev–Trinajstić information content (AvgIpc) is 3.52. The van der Waals surface area contributed by atoms with Crippen LogP contribution in [-0.4, -0.2) is 49.8 Å². The van der Waals surface area contributed by atoms with E-state index in [0.717, 1.165) is 33.3 Å². The minimum Gasteiger partial charge on any atom is -0.463 e. The van der Waals surface area contributed by atoms with Crippen LogP contribution >= 0.6 is 34.3 Å². The second-order valence-electron chi connectivity index (χ2n) is 7.02. The highest BCUT2D eigenvalue weighted by atomic mass is 35.5. The first-order chi connectivity index (χ1) is 16.1. The third kappa shape index (κ3) is 5.39. The summed E-state index contributed by atoms with van der Waals surface area (Å²) in [6, 6.07) is 9.73. The van der Waals surface area contributed by atoms with Crippen LogP contribution in [0.4, 0.5) is 17.1 Å². The van der Waals surface area contributed by atoms with Crippen LogP contribution < -0.4 is 15.1 Å². The van der Waals surface area contributed by atoms with Crippen LogP contribution in [0.1, 0.15) is 20.0 Å². The Morgan fingerprint density at radius 1 is 1.21 bits per heavy atom. The van der Waals surface area contributed by atoms with E-state index in [1.807, 2.05) is 0 Å². The number of amides is 2. The van der Waals surface area contributed by atoms with Gasteiger partial charge < -0.3 is 10.1 Å². The Hall–Kier alpha value is -2.97. The van der Waals surface area contributed by atoms with Gasteiger partial charge in [-0.25, -0.2) is 0 Å². The van der Waals surface area contributed by atoms with E-state index in [-0.39, 0.29) is 22.1 Å². The van der Waals surface area contributed by atoms with Crippen molar-refractivity contribution in [3.8, 4) is 0 Å². The number of carbonyl (C=O) groups is 2. The van der Waals surface area contributed by atoms with Crippen molar-refractivity contribution in [3.05, 3.63) is 61.9 Å². The molecule has 0 bridgehead atoms. The Bertz CT molecular complexity index is 1350. The zero-order valence-corrected chi connectivity index (χ0v) is 20.4. The molecule has 0 aliphatic carbocycles. The summed E-state index contributed by atoms with van der Waals surface area (Å²) in [5.74, 6) is -2.32.